The zero-order valence-corrected chi connectivity index (χ0v) is 17.4. The first-order valence-corrected chi connectivity index (χ1v) is 9.94. The van der Waals surface area contributed by atoms with E-state index in [4.69, 9.17) is 11.6 Å². The Labute approximate surface area is 171 Å². The van der Waals surface area contributed by atoms with Gasteiger partial charge in [-0.25, -0.2) is 0 Å². The van der Waals surface area contributed by atoms with E-state index in [1.165, 1.54) is 0 Å². The van der Waals surface area contributed by atoms with Crippen LogP contribution in [0.15, 0.2) is 53.4 Å². The highest BCUT2D eigenvalue weighted by Gasteiger charge is 2.34. The van der Waals surface area contributed by atoms with Gasteiger partial charge >= 0.3 is 0 Å². The molecule has 1 amide bonds. The maximum absolute atomic E-state index is 13.2. The fourth-order valence-corrected chi connectivity index (χ4v) is 4.43. The van der Waals surface area contributed by atoms with E-state index in [-0.39, 0.29) is 23.6 Å². The quantitative estimate of drug-likeness (QED) is 0.646. The number of carbonyl (C=O) groups excluding carboxylic acids is 1. The number of hydrogen-bond acceptors (Lipinski definition) is 3. The minimum atomic E-state index is -0.219. The number of hydrogen-bond donors (Lipinski definition) is 0. The van der Waals surface area contributed by atoms with Crippen LogP contribution in [0.1, 0.15) is 24.7 Å². The molecule has 0 fully saturated rings. The number of fused-ring (bicyclic) bond motifs is 1. The Morgan fingerprint density at radius 3 is 2.38 bits per heavy atom. The molecule has 0 radical (unpaired) electrons. The molecule has 6 heteroatoms. The lowest BCUT2D eigenvalue weighted by Crippen LogP contribution is -2.42. The van der Waals surface area contributed by atoms with Gasteiger partial charge in [0.2, 0.25) is 5.91 Å². The molecule has 1 heterocycles. The van der Waals surface area contributed by atoms with Gasteiger partial charge in [-0.05, 0) is 42.9 Å². The number of benzene rings is 2. The number of amides is 1. The summed E-state index contributed by atoms with van der Waals surface area (Å²) in [6.45, 7) is 7.89. The van der Waals surface area contributed by atoms with Crippen LogP contribution in [0, 0.1) is 0 Å². The van der Waals surface area contributed by atoms with Crippen LogP contribution in [0.4, 0.5) is 5.69 Å². The Morgan fingerprint density at radius 1 is 1.08 bits per heavy atom. The molecule has 26 heavy (non-hydrogen) atoms. The van der Waals surface area contributed by atoms with Gasteiger partial charge in [0.1, 0.15) is 5.25 Å². The molecule has 140 valence electrons. The fourth-order valence-electron chi connectivity index (χ4n) is 3.08. The number of halogens is 2. The molecule has 1 unspecified atom stereocenters. The summed E-state index contributed by atoms with van der Waals surface area (Å²) in [4.78, 5) is 18.7. The highest BCUT2D eigenvalue weighted by Crippen LogP contribution is 2.46. The van der Waals surface area contributed by atoms with Gasteiger partial charge < -0.3 is 9.80 Å². The van der Waals surface area contributed by atoms with Gasteiger partial charge in [-0.3, -0.25) is 4.79 Å². The molecule has 0 aliphatic carbocycles. The van der Waals surface area contributed by atoms with Gasteiger partial charge in [0.25, 0.3) is 0 Å². The summed E-state index contributed by atoms with van der Waals surface area (Å²) in [5.74, 6) is 0.151. The average molecular weight is 411 g/mol. The first-order valence-electron chi connectivity index (χ1n) is 8.69. The van der Waals surface area contributed by atoms with Crippen molar-refractivity contribution in [2.75, 3.05) is 31.1 Å². The second-order valence-corrected chi connectivity index (χ2v) is 7.62. The monoisotopic (exact) mass is 410 g/mol. The Balaban J connectivity index is 0.00000243. The van der Waals surface area contributed by atoms with E-state index in [1.54, 1.807) is 11.8 Å². The minimum Gasteiger partial charge on any atom is -0.309 e. The molecule has 3 rings (SSSR count). The van der Waals surface area contributed by atoms with Crippen LogP contribution in [0.25, 0.3) is 0 Å². The number of rotatable bonds is 6. The third kappa shape index (κ3) is 4.55. The topological polar surface area (TPSA) is 23.6 Å². The Kier molecular flexibility index (Phi) is 7.84. The van der Waals surface area contributed by atoms with E-state index < -0.39 is 0 Å². The van der Waals surface area contributed by atoms with Crippen molar-refractivity contribution in [1.82, 2.24) is 4.90 Å². The lowest BCUT2D eigenvalue weighted by molar-refractivity contribution is -0.118. The molecule has 2 aromatic rings. The summed E-state index contributed by atoms with van der Waals surface area (Å²) in [5, 5.41) is 0.472. The van der Waals surface area contributed by atoms with Crippen molar-refractivity contribution in [2.45, 2.75) is 24.0 Å². The van der Waals surface area contributed by atoms with Gasteiger partial charge in [-0.1, -0.05) is 49.7 Å². The van der Waals surface area contributed by atoms with Gasteiger partial charge in [0.15, 0.2) is 0 Å². The Morgan fingerprint density at radius 2 is 1.73 bits per heavy atom. The predicted octanol–water partition coefficient (Wildman–Crippen LogP) is 5.28. The zero-order valence-electron chi connectivity index (χ0n) is 15.0. The van der Waals surface area contributed by atoms with E-state index in [9.17, 15) is 4.79 Å². The molecule has 1 atom stereocenters. The zero-order chi connectivity index (χ0) is 17.8. The van der Waals surface area contributed by atoms with Gasteiger partial charge in [0, 0.05) is 23.0 Å². The SMILES string of the molecule is CCN(CC)CCN1C(=O)C(c2ccc(Cl)cc2)Sc2ccccc21.Cl. The van der Waals surface area contributed by atoms with Gasteiger partial charge in [-0.15, -0.1) is 24.2 Å². The number of carbonyl (C=O) groups is 1. The number of likely N-dealkylation sites (N-methyl/N-ethyl adjacent to an activating group) is 1. The summed E-state index contributed by atoms with van der Waals surface area (Å²) in [5.41, 5.74) is 2.02. The van der Waals surface area contributed by atoms with Crippen molar-refractivity contribution in [1.29, 1.82) is 0 Å². The third-order valence-electron chi connectivity index (χ3n) is 4.60. The summed E-state index contributed by atoms with van der Waals surface area (Å²) in [6.07, 6.45) is 0. The van der Waals surface area contributed by atoms with E-state index >= 15 is 0 Å². The molecule has 0 saturated carbocycles. The molecule has 0 N–H and O–H groups in total. The van der Waals surface area contributed by atoms with Crippen LogP contribution in [0.2, 0.25) is 5.02 Å². The lowest BCUT2D eigenvalue weighted by Gasteiger charge is -2.35. The molecular formula is C20H24Cl2N2OS. The second kappa shape index (κ2) is 9.65. The molecule has 1 aliphatic heterocycles. The Hall–Kier alpha value is -1.20. The van der Waals surface area contributed by atoms with E-state index in [0.717, 1.165) is 35.8 Å². The molecule has 1 aliphatic rings. The average Bonchev–Trinajstić information content (AvgIpc) is 2.64. The van der Waals surface area contributed by atoms with Crippen LogP contribution in [-0.2, 0) is 4.79 Å². The molecule has 0 aromatic heterocycles. The number of thioether (sulfide) groups is 1. The maximum Gasteiger partial charge on any atom is 0.245 e. The molecule has 0 saturated heterocycles. The van der Waals surface area contributed by atoms with E-state index in [2.05, 4.69) is 24.8 Å². The van der Waals surface area contributed by atoms with Gasteiger partial charge in [-0.2, -0.15) is 0 Å². The van der Waals surface area contributed by atoms with Crippen molar-refractivity contribution in [3.8, 4) is 0 Å². The third-order valence-corrected chi connectivity index (χ3v) is 6.16. The molecule has 0 spiro atoms. The lowest BCUT2D eigenvalue weighted by atomic mass is 10.1. The highest BCUT2D eigenvalue weighted by atomic mass is 35.5. The van der Waals surface area contributed by atoms with Crippen LogP contribution >= 0.6 is 35.8 Å². The standard InChI is InChI=1S/C20H23ClN2OS.ClH/c1-3-22(4-2)13-14-23-17-7-5-6-8-18(17)25-19(20(23)24)15-9-11-16(21)12-10-15;/h5-12,19H,3-4,13-14H2,1-2H3;1H. The van der Waals surface area contributed by atoms with Crippen molar-refractivity contribution in [3.63, 3.8) is 0 Å². The normalized spacial score (nSPS) is 16.4. The number of anilines is 1. The molecule has 0 bridgehead atoms. The van der Waals surface area contributed by atoms with Crippen molar-refractivity contribution >= 4 is 47.4 Å². The maximum atomic E-state index is 13.2. The summed E-state index contributed by atoms with van der Waals surface area (Å²) >= 11 is 7.63. The van der Waals surface area contributed by atoms with Crippen LogP contribution < -0.4 is 4.90 Å². The van der Waals surface area contributed by atoms with Crippen LogP contribution in [0.5, 0.6) is 0 Å². The van der Waals surface area contributed by atoms with E-state index in [0.29, 0.717) is 11.6 Å². The van der Waals surface area contributed by atoms with E-state index in [1.807, 2.05) is 47.4 Å². The van der Waals surface area contributed by atoms with Crippen LogP contribution in [0.3, 0.4) is 0 Å². The first-order chi connectivity index (χ1) is 12.1. The first kappa shape index (κ1) is 21.1. The minimum absolute atomic E-state index is 0. The molecule has 3 nitrogen and oxygen atoms in total. The molecular weight excluding hydrogens is 387 g/mol. The second-order valence-electron chi connectivity index (χ2n) is 6.03. The molecule has 2 aromatic carbocycles. The number of nitrogens with zero attached hydrogens (tertiary/aromatic N) is 2. The van der Waals surface area contributed by atoms with Crippen molar-refractivity contribution in [3.05, 3.63) is 59.1 Å². The smallest absolute Gasteiger partial charge is 0.245 e. The van der Waals surface area contributed by atoms with Gasteiger partial charge in [0.05, 0.1) is 5.69 Å². The Bertz CT molecular complexity index is 735. The van der Waals surface area contributed by atoms with Crippen LogP contribution in [-0.4, -0.2) is 37.0 Å². The largest absolute Gasteiger partial charge is 0.309 e. The fraction of sp³-hybridized carbons (Fsp3) is 0.350. The van der Waals surface area contributed by atoms with Crippen molar-refractivity contribution < 1.29 is 4.79 Å². The summed E-state index contributed by atoms with van der Waals surface area (Å²) < 4.78 is 0. The predicted molar refractivity (Wildman–Crippen MR) is 114 cm³/mol. The number of para-hydroxylation sites is 1. The summed E-state index contributed by atoms with van der Waals surface area (Å²) in [6, 6.07) is 15.8. The highest BCUT2D eigenvalue weighted by molar-refractivity contribution is 8.00. The van der Waals surface area contributed by atoms with Crippen molar-refractivity contribution in [2.24, 2.45) is 0 Å². The summed E-state index contributed by atoms with van der Waals surface area (Å²) in [7, 11) is 0.